The number of nitrogens with one attached hydrogen (secondary N) is 2. The molecule has 2 amide bonds. The summed E-state index contributed by atoms with van der Waals surface area (Å²) in [6.45, 7) is 15.0. The summed E-state index contributed by atoms with van der Waals surface area (Å²) in [6.07, 6.45) is -0.908. The fourth-order valence-corrected chi connectivity index (χ4v) is 5.74. The number of esters is 3. The number of aromatic nitrogens is 1. The van der Waals surface area contributed by atoms with Gasteiger partial charge in [0.2, 0.25) is 0 Å². The quantitative estimate of drug-likeness (QED) is 0.133. The number of carbonyl (C=O) groups excluding carboxylic acids is 5. The van der Waals surface area contributed by atoms with E-state index < -0.39 is 42.1 Å². The van der Waals surface area contributed by atoms with Crippen LogP contribution in [0.1, 0.15) is 73.1 Å². The lowest BCUT2D eigenvalue weighted by molar-refractivity contribution is -0.177. The lowest BCUT2D eigenvalue weighted by Gasteiger charge is -2.25. The van der Waals surface area contributed by atoms with E-state index in [1.165, 1.54) is 25.7 Å². The van der Waals surface area contributed by atoms with E-state index in [0.717, 1.165) is 25.2 Å². The summed E-state index contributed by atoms with van der Waals surface area (Å²) in [5.74, 6) is -3.17. The Balaban J connectivity index is 1.43. The van der Waals surface area contributed by atoms with E-state index >= 15 is 0 Å². The zero-order valence-corrected chi connectivity index (χ0v) is 29.7. The standard InChI is InChI=1S/C38H46N4O8/c1-8-41(9-2)20-19-39-34(43)33-23(3)31(40-24(33)4)21-30-29-17-13-14-18-32(29)42(35(30)44)25(5)36(45)49-27(7)38(47)50-26(6)37(46)48-22-28-15-11-10-12-16-28/h10-18,21,25-27,40H,8-9,19-20,22H2,1-7H3,(H,39,43)/b30-21-/t25-,26-,27-/m0/s1. The van der Waals surface area contributed by atoms with Crippen LogP contribution in [-0.4, -0.2) is 84.0 Å². The summed E-state index contributed by atoms with van der Waals surface area (Å²) < 4.78 is 15.8. The normalized spacial score (nSPS) is 15.0. The second-order valence-electron chi connectivity index (χ2n) is 12.1. The number of carbonyl (C=O) groups is 5. The fourth-order valence-electron chi connectivity index (χ4n) is 5.74. The second kappa shape index (κ2) is 16.9. The minimum absolute atomic E-state index is 0.0160. The van der Waals surface area contributed by atoms with Crippen LogP contribution >= 0.6 is 0 Å². The molecule has 0 unspecified atom stereocenters. The van der Waals surface area contributed by atoms with Gasteiger partial charge in [-0.2, -0.15) is 0 Å². The van der Waals surface area contributed by atoms with Gasteiger partial charge in [-0.05, 0) is 71.0 Å². The topological polar surface area (TPSA) is 147 Å². The molecule has 4 rings (SSSR count). The maximum Gasteiger partial charge on any atom is 0.347 e. The summed E-state index contributed by atoms with van der Waals surface area (Å²) in [6, 6.07) is 15.0. The first kappa shape index (κ1) is 37.6. The van der Waals surface area contributed by atoms with Crippen molar-refractivity contribution in [2.24, 2.45) is 0 Å². The van der Waals surface area contributed by atoms with Gasteiger partial charge < -0.3 is 29.4 Å². The van der Waals surface area contributed by atoms with Crippen molar-refractivity contribution in [2.45, 2.75) is 73.3 Å². The maximum atomic E-state index is 13.9. The number of anilines is 1. The van der Waals surface area contributed by atoms with Crippen LogP contribution in [0.5, 0.6) is 0 Å². The number of likely N-dealkylation sites (N-methyl/N-ethyl adjacent to an activating group) is 1. The Hall–Kier alpha value is -5.23. The van der Waals surface area contributed by atoms with Crippen LogP contribution in [0, 0.1) is 13.8 Å². The lowest BCUT2D eigenvalue weighted by Crippen LogP contribution is -2.44. The van der Waals surface area contributed by atoms with Crippen molar-refractivity contribution in [1.82, 2.24) is 15.2 Å². The zero-order valence-electron chi connectivity index (χ0n) is 29.7. The first-order valence-electron chi connectivity index (χ1n) is 16.8. The number of H-pyrrole nitrogens is 1. The number of amides is 2. The monoisotopic (exact) mass is 686 g/mol. The van der Waals surface area contributed by atoms with Crippen LogP contribution in [0.2, 0.25) is 0 Å². The van der Waals surface area contributed by atoms with E-state index in [9.17, 15) is 24.0 Å². The Morgan fingerprint density at radius 3 is 2.18 bits per heavy atom. The third kappa shape index (κ3) is 8.67. The van der Waals surface area contributed by atoms with E-state index in [2.05, 4.69) is 29.0 Å². The highest BCUT2D eigenvalue weighted by atomic mass is 16.6. The number of nitrogens with zero attached hydrogens (tertiary/aromatic N) is 2. The highest BCUT2D eigenvalue weighted by Gasteiger charge is 2.40. The zero-order chi connectivity index (χ0) is 36.5. The molecule has 1 aromatic heterocycles. The van der Waals surface area contributed by atoms with Crippen LogP contribution in [-0.2, 0) is 40.0 Å². The Morgan fingerprint density at radius 2 is 1.50 bits per heavy atom. The Kier molecular flexibility index (Phi) is 12.7. The molecule has 0 fully saturated rings. The highest BCUT2D eigenvalue weighted by Crippen LogP contribution is 2.39. The van der Waals surface area contributed by atoms with E-state index in [4.69, 9.17) is 14.2 Å². The first-order chi connectivity index (χ1) is 23.9. The lowest BCUT2D eigenvalue weighted by atomic mass is 10.0. The third-order valence-corrected chi connectivity index (χ3v) is 8.70. The minimum atomic E-state index is -1.36. The Morgan fingerprint density at radius 1 is 0.880 bits per heavy atom. The molecule has 12 nitrogen and oxygen atoms in total. The molecule has 0 bridgehead atoms. The molecule has 2 aromatic carbocycles. The number of benzene rings is 2. The molecule has 0 aliphatic carbocycles. The van der Waals surface area contributed by atoms with Gasteiger partial charge >= 0.3 is 17.9 Å². The molecule has 0 saturated carbocycles. The fraction of sp³-hybridized carbons (Fsp3) is 0.395. The molecule has 266 valence electrons. The molecule has 1 aliphatic rings. The van der Waals surface area contributed by atoms with Crippen molar-refractivity contribution in [3.05, 3.63) is 88.2 Å². The van der Waals surface area contributed by atoms with Crippen molar-refractivity contribution in [3.63, 3.8) is 0 Å². The minimum Gasteiger partial charge on any atom is -0.458 e. The summed E-state index contributed by atoms with van der Waals surface area (Å²) in [4.78, 5) is 72.2. The number of aryl methyl sites for hydroxylation is 1. The van der Waals surface area contributed by atoms with Crippen LogP contribution in [0.25, 0.3) is 11.6 Å². The van der Waals surface area contributed by atoms with Gasteiger partial charge in [0.25, 0.3) is 11.8 Å². The maximum absolute atomic E-state index is 13.9. The number of aromatic amines is 1. The Bertz CT molecular complexity index is 1740. The molecule has 1 aliphatic heterocycles. The smallest absolute Gasteiger partial charge is 0.347 e. The molecule has 0 saturated heterocycles. The van der Waals surface area contributed by atoms with Crippen molar-refractivity contribution in [2.75, 3.05) is 31.1 Å². The summed E-state index contributed by atoms with van der Waals surface area (Å²) in [5, 5.41) is 2.99. The van der Waals surface area contributed by atoms with Crippen molar-refractivity contribution in [1.29, 1.82) is 0 Å². The number of hydrogen-bond donors (Lipinski definition) is 2. The van der Waals surface area contributed by atoms with Gasteiger partial charge in [0.15, 0.2) is 12.2 Å². The van der Waals surface area contributed by atoms with Crippen molar-refractivity contribution in [3.8, 4) is 0 Å². The molecular formula is C38H46N4O8. The van der Waals surface area contributed by atoms with Gasteiger partial charge in [0, 0.05) is 30.0 Å². The van der Waals surface area contributed by atoms with Crippen LogP contribution in [0.3, 0.4) is 0 Å². The number of rotatable bonds is 15. The van der Waals surface area contributed by atoms with Gasteiger partial charge in [-0.15, -0.1) is 0 Å². The second-order valence-corrected chi connectivity index (χ2v) is 12.1. The molecule has 2 N–H and O–H groups in total. The molecule has 12 heteroatoms. The van der Waals surface area contributed by atoms with Gasteiger partial charge in [-0.3, -0.25) is 14.5 Å². The molecule has 3 aromatic rings. The average Bonchev–Trinajstić information content (AvgIpc) is 3.55. The van der Waals surface area contributed by atoms with E-state index in [-0.39, 0.29) is 12.5 Å². The van der Waals surface area contributed by atoms with Crippen molar-refractivity contribution >= 4 is 47.1 Å². The number of hydrogen-bond acceptors (Lipinski definition) is 9. The van der Waals surface area contributed by atoms with Gasteiger partial charge in [-0.25, -0.2) is 14.4 Å². The number of para-hydroxylation sites is 1. The number of fused-ring (bicyclic) bond motifs is 1. The third-order valence-electron chi connectivity index (χ3n) is 8.70. The summed E-state index contributed by atoms with van der Waals surface area (Å²) in [7, 11) is 0. The first-order valence-corrected chi connectivity index (χ1v) is 16.8. The summed E-state index contributed by atoms with van der Waals surface area (Å²) in [5.41, 5.74) is 4.67. The van der Waals surface area contributed by atoms with E-state index in [1.807, 2.05) is 32.0 Å². The van der Waals surface area contributed by atoms with Gasteiger partial charge in [-0.1, -0.05) is 62.4 Å². The average molecular weight is 687 g/mol. The molecule has 3 atom stereocenters. The van der Waals surface area contributed by atoms with Crippen LogP contribution < -0.4 is 10.2 Å². The van der Waals surface area contributed by atoms with Crippen LogP contribution in [0.4, 0.5) is 5.69 Å². The molecule has 2 heterocycles. The van der Waals surface area contributed by atoms with Crippen molar-refractivity contribution < 1.29 is 38.2 Å². The van der Waals surface area contributed by atoms with Gasteiger partial charge in [0.1, 0.15) is 12.6 Å². The SMILES string of the molecule is CCN(CC)CCNC(=O)c1c(C)[nH]c(/C=C2\C(=O)N([C@@H](C)C(=O)O[C@@H](C)C(=O)O[C@@H](C)C(=O)OCc3ccccc3)c3ccccc32)c1C. The highest BCUT2D eigenvalue weighted by molar-refractivity contribution is 6.36. The predicted octanol–water partition coefficient (Wildman–Crippen LogP) is 4.59. The Labute approximate surface area is 292 Å². The number of ether oxygens (including phenoxy) is 3. The van der Waals surface area contributed by atoms with Crippen LogP contribution in [0.15, 0.2) is 54.6 Å². The molecular weight excluding hydrogens is 640 g/mol. The van der Waals surface area contributed by atoms with Gasteiger partial charge in [0.05, 0.1) is 16.8 Å². The van der Waals surface area contributed by atoms with E-state index in [1.54, 1.807) is 42.5 Å². The van der Waals surface area contributed by atoms with E-state index in [0.29, 0.717) is 45.9 Å². The summed E-state index contributed by atoms with van der Waals surface area (Å²) >= 11 is 0. The predicted molar refractivity (Wildman–Crippen MR) is 189 cm³/mol. The molecule has 50 heavy (non-hydrogen) atoms. The largest absolute Gasteiger partial charge is 0.458 e. The molecule has 0 spiro atoms. The molecule has 0 radical (unpaired) electrons.